The van der Waals surface area contributed by atoms with Crippen molar-refractivity contribution in [2.45, 2.75) is 25.7 Å². The molecule has 0 saturated carbocycles. The van der Waals surface area contributed by atoms with Crippen molar-refractivity contribution in [3.63, 3.8) is 0 Å². The lowest BCUT2D eigenvalue weighted by molar-refractivity contribution is 0.131. The Balaban J connectivity index is 2.05. The van der Waals surface area contributed by atoms with Crippen molar-refractivity contribution in [1.29, 1.82) is 0 Å². The highest BCUT2D eigenvalue weighted by molar-refractivity contribution is 5.20. The highest BCUT2D eigenvalue weighted by atomic mass is 19.3. The number of para-hydroxylation sites is 1. The standard InChI is InChI=1S/C11H14F2O/c12-11(13)8-4-5-9-14-10-6-2-1-3-7-10/h1-3,6-7,11H,4-5,8-9H2. The highest BCUT2D eigenvalue weighted by Crippen LogP contribution is 2.10. The lowest BCUT2D eigenvalue weighted by atomic mass is 10.2. The number of hydrogen-bond donors (Lipinski definition) is 0. The van der Waals surface area contributed by atoms with Gasteiger partial charge < -0.3 is 4.74 Å². The first kappa shape index (κ1) is 11.0. The average molecular weight is 200 g/mol. The van der Waals surface area contributed by atoms with Crippen molar-refractivity contribution in [3.8, 4) is 5.75 Å². The van der Waals surface area contributed by atoms with Crippen molar-refractivity contribution >= 4 is 0 Å². The molecule has 1 aromatic carbocycles. The van der Waals surface area contributed by atoms with Crippen LogP contribution in [0.15, 0.2) is 30.3 Å². The Morgan fingerprint density at radius 3 is 2.43 bits per heavy atom. The quantitative estimate of drug-likeness (QED) is 0.638. The maximum Gasteiger partial charge on any atom is 0.238 e. The molecule has 78 valence electrons. The molecule has 0 heterocycles. The van der Waals surface area contributed by atoms with Crippen LogP contribution in [0.25, 0.3) is 0 Å². The van der Waals surface area contributed by atoms with E-state index in [1.165, 1.54) is 0 Å². The third kappa shape index (κ3) is 4.80. The van der Waals surface area contributed by atoms with Gasteiger partial charge in [-0.05, 0) is 25.0 Å². The van der Waals surface area contributed by atoms with E-state index in [9.17, 15) is 8.78 Å². The van der Waals surface area contributed by atoms with E-state index < -0.39 is 6.43 Å². The topological polar surface area (TPSA) is 9.23 Å². The van der Waals surface area contributed by atoms with Crippen molar-refractivity contribution in [3.05, 3.63) is 30.3 Å². The monoisotopic (exact) mass is 200 g/mol. The van der Waals surface area contributed by atoms with E-state index in [0.717, 1.165) is 5.75 Å². The molecule has 1 nitrogen and oxygen atoms in total. The Morgan fingerprint density at radius 2 is 1.79 bits per heavy atom. The first-order valence-corrected chi connectivity index (χ1v) is 4.75. The van der Waals surface area contributed by atoms with E-state index in [2.05, 4.69) is 0 Å². The van der Waals surface area contributed by atoms with Crippen LogP contribution in [0.5, 0.6) is 5.75 Å². The van der Waals surface area contributed by atoms with Crippen LogP contribution >= 0.6 is 0 Å². The second-order valence-corrected chi connectivity index (χ2v) is 3.05. The Kier molecular flexibility index (Phi) is 4.97. The molecule has 0 amide bonds. The van der Waals surface area contributed by atoms with Crippen molar-refractivity contribution in [2.75, 3.05) is 6.61 Å². The van der Waals surface area contributed by atoms with E-state index in [1.807, 2.05) is 30.3 Å². The fourth-order valence-electron chi connectivity index (χ4n) is 1.11. The third-order valence-corrected chi connectivity index (χ3v) is 1.83. The molecule has 0 aliphatic heterocycles. The van der Waals surface area contributed by atoms with Crippen molar-refractivity contribution in [2.24, 2.45) is 0 Å². The molecule has 0 atom stereocenters. The van der Waals surface area contributed by atoms with Gasteiger partial charge >= 0.3 is 0 Å². The molecule has 0 aliphatic rings. The summed E-state index contributed by atoms with van der Waals surface area (Å²) in [7, 11) is 0. The van der Waals surface area contributed by atoms with Gasteiger partial charge in [-0.25, -0.2) is 8.78 Å². The Hall–Kier alpha value is -1.12. The van der Waals surface area contributed by atoms with E-state index in [1.54, 1.807) is 0 Å². The molecule has 0 aliphatic carbocycles. The summed E-state index contributed by atoms with van der Waals surface area (Å²) >= 11 is 0. The van der Waals surface area contributed by atoms with Crippen LogP contribution in [0.4, 0.5) is 8.78 Å². The van der Waals surface area contributed by atoms with E-state index in [-0.39, 0.29) is 6.42 Å². The Bertz CT molecular complexity index is 236. The molecule has 0 unspecified atom stereocenters. The number of ether oxygens (including phenoxy) is 1. The second-order valence-electron chi connectivity index (χ2n) is 3.05. The van der Waals surface area contributed by atoms with E-state index in [0.29, 0.717) is 19.4 Å². The minimum Gasteiger partial charge on any atom is -0.494 e. The molecular formula is C11H14F2O. The van der Waals surface area contributed by atoms with Gasteiger partial charge in [-0.1, -0.05) is 18.2 Å². The van der Waals surface area contributed by atoms with Crippen molar-refractivity contribution < 1.29 is 13.5 Å². The zero-order valence-corrected chi connectivity index (χ0v) is 7.96. The number of halogens is 2. The summed E-state index contributed by atoms with van der Waals surface area (Å²) < 4.78 is 28.8. The highest BCUT2D eigenvalue weighted by Gasteiger charge is 2.00. The summed E-state index contributed by atoms with van der Waals surface area (Å²) in [5.74, 6) is 0.796. The molecule has 0 saturated heterocycles. The summed E-state index contributed by atoms with van der Waals surface area (Å²) in [6.45, 7) is 0.511. The van der Waals surface area contributed by atoms with Gasteiger partial charge in [0.2, 0.25) is 6.43 Å². The first-order chi connectivity index (χ1) is 6.79. The molecular weight excluding hydrogens is 186 g/mol. The maximum atomic E-state index is 11.7. The van der Waals surface area contributed by atoms with Crippen molar-refractivity contribution in [1.82, 2.24) is 0 Å². The smallest absolute Gasteiger partial charge is 0.238 e. The van der Waals surface area contributed by atoms with Gasteiger partial charge in [0, 0.05) is 6.42 Å². The zero-order valence-electron chi connectivity index (χ0n) is 7.96. The van der Waals surface area contributed by atoms with Crippen LogP contribution < -0.4 is 4.74 Å². The van der Waals surface area contributed by atoms with Gasteiger partial charge in [-0.15, -0.1) is 0 Å². The van der Waals surface area contributed by atoms with Gasteiger partial charge in [-0.3, -0.25) is 0 Å². The minimum atomic E-state index is -2.19. The summed E-state index contributed by atoms with van der Waals surface area (Å²) in [5, 5.41) is 0. The zero-order chi connectivity index (χ0) is 10.2. The fourth-order valence-corrected chi connectivity index (χ4v) is 1.11. The molecule has 1 aromatic rings. The molecule has 0 bridgehead atoms. The fraction of sp³-hybridized carbons (Fsp3) is 0.455. The van der Waals surface area contributed by atoms with Gasteiger partial charge in [-0.2, -0.15) is 0 Å². The molecule has 0 aromatic heterocycles. The summed E-state index contributed by atoms with van der Waals surface area (Å²) in [5.41, 5.74) is 0. The summed E-state index contributed by atoms with van der Waals surface area (Å²) in [6.07, 6.45) is -1.02. The lowest BCUT2D eigenvalue weighted by Gasteiger charge is -2.05. The van der Waals surface area contributed by atoms with Crippen LogP contribution in [-0.4, -0.2) is 13.0 Å². The number of benzene rings is 1. The Labute approximate surface area is 82.7 Å². The number of rotatable bonds is 6. The summed E-state index contributed by atoms with van der Waals surface area (Å²) in [4.78, 5) is 0. The van der Waals surface area contributed by atoms with Crippen LogP contribution in [-0.2, 0) is 0 Å². The SMILES string of the molecule is FC(F)CCCCOc1ccccc1. The van der Waals surface area contributed by atoms with Gasteiger partial charge in [0.05, 0.1) is 6.61 Å². The molecule has 14 heavy (non-hydrogen) atoms. The van der Waals surface area contributed by atoms with Crippen LogP contribution in [0.3, 0.4) is 0 Å². The van der Waals surface area contributed by atoms with Gasteiger partial charge in [0.1, 0.15) is 5.75 Å². The van der Waals surface area contributed by atoms with Crippen LogP contribution in [0, 0.1) is 0 Å². The minimum absolute atomic E-state index is 0.0296. The maximum absolute atomic E-state index is 11.7. The normalized spacial score (nSPS) is 10.5. The van der Waals surface area contributed by atoms with Gasteiger partial charge in [0.25, 0.3) is 0 Å². The number of alkyl halides is 2. The Morgan fingerprint density at radius 1 is 1.07 bits per heavy atom. The third-order valence-electron chi connectivity index (χ3n) is 1.83. The van der Waals surface area contributed by atoms with E-state index >= 15 is 0 Å². The van der Waals surface area contributed by atoms with Crippen LogP contribution in [0.2, 0.25) is 0 Å². The molecule has 0 N–H and O–H groups in total. The predicted molar refractivity (Wildman–Crippen MR) is 51.8 cm³/mol. The molecule has 0 fully saturated rings. The molecule has 0 radical (unpaired) electrons. The molecule has 3 heteroatoms. The first-order valence-electron chi connectivity index (χ1n) is 4.75. The molecule has 1 rings (SSSR count). The molecule has 0 spiro atoms. The van der Waals surface area contributed by atoms with Crippen LogP contribution in [0.1, 0.15) is 19.3 Å². The van der Waals surface area contributed by atoms with Gasteiger partial charge in [0.15, 0.2) is 0 Å². The largest absolute Gasteiger partial charge is 0.494 e. The lowest BCUT2D eigenvalue weighted by Crippen LogP contribution is -1.98. The predicted octanol–water partition coefficient (Wildman–Crippen LogP) is 3.50. The number of hydrogen-bond acceptors (Lipinski definition) is 1. The second kappa shape index (κ2) is 6.35. The van der Waals surface area contributed by atoms with E-state index in [4.69, 9.17) is 4.74 Å². The summed E-state index contributed by atoms with van der Waals surface area (Å²) in [6, 6.07) is 9.38. The number of unbranched alkanes of at least 4 members (excludes halogenated alkanes) is 1. The average Bonchev–Trinajstić information content (AvgIpc) is 2.18.